The number of rotatable bonds is 4. The Balaban J connectivity index is 2.36. The Bertz CT molecular complexity index is 670. The van der Waals surface area contributed by atoms with Gasteiger partial charge in [-0.2, -0.15) is 0 Å². The molecule has 0 bridgehead atoms. The molecule has 0 radical (unpaired) electrons. The van der Waals surface area contributed by atoms with Gasteiger partial charge in [-0.25, -0.2) is 4.79 Å². The summed E-state index contributed by atoms with van der Waals surface area (Å²) in [5.74, 6) is -2.99. The van der Waals surface area contributed by atoms with E-state index in [1.54, 1.807) is 0 Å². The van der Waals surface area contributed by atoms with E-state index in [2.05, 4.69) is 4.74 Å². The first-order chi connectivity index (χ1) is 10.3. The molecule has 1 fully saturated rings. The molecule has 0 aliphatic carbocycles. The highest BCUT2D eigenvalue weighted by Gasteiger charge is 2.36. The fourth-order valence-corrected chi connectivity index (χ4v) is 2.30. The average Bonchev–Trinajstić information content (AvgIpc) is 2.87. The lowest BCUT2D eigenvalue weighted by molar-refractivity contribution is -0.385. The summed E-state index contributed by atoms with van der Waals surface area (Å²) in [4.78, 5) is 45.7. The summed E-state index contributed by atoms with van der Waals surface area (Å²) in [6.07, 6.45) is -0.0544. The summed E-state index contributed by atoms with van der Waals surface area (Å²) in [6, 6.07) is 3.38. The number of carbonyl (C=O) groups is 3. The molecule has 1 amide bonds. The van der Waals surface area contributed by atoms with Crippen molar-refractivity contribution in [2.24, 2.45) is 5.92 Å². The summed E-state index contributed by atoms with van der Waals surface area (Å²) >= 11 is 0. The minimum Gasteiger partial charge on any atom is -0.477 e. The Labute approximate surface area is 124 Å². The number of aromatic carboxylic acids is 1. The van der Waals surface area contributed by atoms with Gasteiger partial charge in [-0.1, -0.05) is 0 Å². The van der Waals surface area contributed by atoms with E-state index < -0.39 is 34.0 Å². The number of hydrogen-bond donors (Lipinski definition) is 1. The Morgan fingerprint density at radius 1 is 1.45 bits per heavy atom. The minimum absolute atomic E-state index is 0.0368. The number of anilines is 1. The second-order valence-corrected chi connectivity index (χ2v) is 4.69. The molecule has 1 aliphatic rings. The first-order valence-electron chi connectivity index (χ1n) is 6.25. The third kappa shape index (κ3) is 2.73. The molecular weight excluding hydrogens is 296 g/mol. The molecule has 0 aromatic heterocycles. The number of hydrogen-bond acceptors (Lipinski definition) is 6. The molecule has 9 heteroatoms. The van der Waals surface area contributed by atoms with Crippen LogP contribution in [0.15, 0.2) is 18.2 Å². The molecule has 1 aromatic rings. The van der Waals surface area contributed by atoms with Gasteiger partial charge in [0, 0.05) is 19.0 Å². The van der Waals surface area contributed by atoms with E-state index >= 15 is 0 Å². The van der Waals surface area contributed by atoms with E-state index in [0.717, 1.165) is 12.1 Å². The standard InChI is InChI=1S/C13H12N2O7/c1-22-13(19)7-4-11(16)14(6-7)8-2-3-9(12(17)18)10(5-8)15(20)21/h2-3,5,7H,4,6H2,1H3,(H,17,18). The van der Waals surface area contributed by atoms with E-state index in [1.165, 1.54) is 18.1 Å². The molecule has 0 saturated carbocycles. The van der Waals surface area contributed by atoms with Gasteiger partial charge in [0.15, 0.2) is 0 Å². The molecule has 22 heavy (non-hydrogen) atoms. The first-order valence-corrected chi connectivity index (χ1v) is 6.25. The summed E-state index contributed by atoms with van der Waals surface area (Å²) in [5.41, 5.74) is -0.905. The lowest BCUT2D eigenvalue weighted by Crippen LogP contribution is -2.26. The first kappa shape index (κ1) is 15.4. The number of methoxy groups -OCH3 is 1. The Morgan fingerprint density at radius 3 is 2.68 bits per heavy atom. The molecule has 2 rings (SSSR count). The number of ether oxygens (including phenoxy) is 1. The van der Waals surface area contributed by atoms with E-state index in [0.29, 0.717) is 0 Å². The normalized spacial score (nSPS) is 17.4. The Kier molecular flexibility index (Phi) is 4.06. The summed E-state index contributed by atoms with van der Waals surface area (Å²) in [5, 5.41) is 19.9. The molecule has 1 aromatic carbocycles. The second kappa shape index (κ2) is 5.80. The van der Waals surface area contributed by atoms with Crippen LogP contribution >= 0.6 is 0 Å². The smallest absolute Gasteiger partial charge is 0.342 e. The highest BCUT2D eigenvalue weighted by molar-refractivity contribution is 6.01. The van der Waals surface area contributed by atoms with Crippen LogP contribution in [0.2, 0.25) is 0 Å². The zero-order chi connectivity index (χ0) is 16.4. The summed E-state index contributed by atoms with van der Waals surface area (Å²) in [7, 11) is 1.21. The minimum atomic E-state index is -1.43. The number of nitro benzene ring substituents is 1. The van der Waals surface area contributed by atoms with Crippen molar-refractivity contribution in [1.29, 1.82) is 0 Å². The molecule has 1 atom stereocenters. The van der Waals surface area contributed by atoms with Crippen molar-refractivity contribution in [3.05, 3.63) is 33.9 Å². The van der Waals surface area contributed by atoms with Gasteiger partial charge in [0.25, 0.3) is 5.69 Å². The maximum atomic E-state index is 11.9. The third-order valence-corrected chi connectivity index (χ3v) is 3.38. The van der Waals surface area contributed by atoms with Crippen molar-refractivity contribution >= 4 is 29.2 Å². The van der Waals surface area contributed by atoms with Crippen LogP contribution in [-0.2, 0) is 14.3 Å². The largest absolute Gasteiger partial charge is 0.477 e. The molecule has 1 unspecified atom stereocenters. The van der Waals surface area contributed by atoms with Crippen molar-refractivity contribution in [2.45, 2.75) is 6.42 Å². The maximum absolute atomic E-state index is 11.9. The monoisotopic (exact) mass is 308 g/mol. The van der Waals surface area contributed by atoms with E-state index in [4.69, 9.17) is 5.11 Å². The predicted octanol–water partition coefficient (Wildman–Crippen LogP) is 0.819. The van der Waals surface area contributed by atoms with Crippen LogP contribution in [0.25, 0.3) is 0 Å². The average molecular weight is 308 g/mol. The van der Waals surface area contributed by atoms with Gasteiger partial charge in [-0.15, -0.1) is 0 Å². The van der Waals surface area contributed by atoms with Gasteiger partial charge in [-0.3, -0.25) is 19.7 Å². The van der Waals surface area contributed by atoms with Gasteiger partial charge in [0.2, 0.25) is 5.91 Å². The number of carboxylic acids is 1. The molecule has 0 spiro atoms. The number of esters is 1. The van der Waals surface area contributed by atoms with Crippen LogP contribution < -0.4 is 4.90 Å². The molecule has 1 heterocycles. The lowest BCUT2D eigenvalue weighted by Gasteiger charge is -2.16. The van der Waals surface area contributed by atoms with Crippen molar-refractivity contribution in [3.63, 3.8) is 0 Å². The van der Waals surface area contributed by atoms with Crippen LogP contribution in [0.4, 0.5) is 11.4 Å². The molecule has 1 saturated heterocycles. The van der Waals surface area contributed by atoms with Gasteiger partial charge >= 0.3 is 11.9 Å². The van der Waals surface area contributed by atoms with Gasteiger partial charge in [0.05, 0.1) is 23.6 Å². The fraction of sp³-hybridized carbons (Fsp3) is 0.308. The van der Waals surface area contributed by atoms with Crippen LogP contribution in [-0.4, -0.2) is 41.5 Å². The number of carboxylic acid groups (broad SMARTS) is 1. The van der Waals surface area contributed by atoms with Crippen LogP contribution in [0, 0.1) is 16.0 Å². The molecule has 9 nitrogen and oxygen atoms in total. The number of carbonyl (C=O) groups excluding carboxylic acids is 2. The maximum Gasteiger partial charge on any atom is 0.342 e. The number of amides is 1. The van der Waals surface area contributed by atoms with Crippen molar-refractivity contribution in [3.8, 4) is 0 Å². The molecule has 1 N–H and O–H groups in total. The quantitative estimate of drug-likeness (QED) is 0.495. The lowest BCUT2D eigenvalue weighted by atomic mass is 10.1. The SMILES string of the molecule is COC(=O)C1CC(=O)N(c2ccc(C(=O)O)c([N+](=O)[O-])c2)C1. The van der Waals surface area contributed by atoms with Crippen molar-refractivity contribution < 1.29 is 29.2 Å². The van der Waals surface area contributed by atoms with E-state index in [9.17, 15) is 24.5 Å². The summed E-state index contributed by atoms with van der Waals surface area (Å²) in [6.45, 7) is 0.0368. The third-order valence-electron chi connectivity index (χ3n) is 3.38. The Morgan fingerprint density at radius 2 is 2.14 bits per heavy atom. The second-order valence-electron chi connectivity index (χ2n) is 4.69. The zero-order valence-electron chi connectivity index (χ0n) is 11.5. The highest BCUT2D eigenvalue weighted by Crippen LogP contribution is 2.30. The van der Waals surface area contributed by atoms with Crippen molar-refractivity contribution in [1.82, 2.24) is 0 Å². The zero-order valence-corrected chi connectivity index (χ0v) is 11.5. The molecule has 1 aliphatic heterocycles. The van der Waals surface area contributed by atoms with Gasteiger partial charge < -0.3 is 14.7 Å². The number of nitrogens with zero attached hydrogens (tertiary/aromatic N) is 2. The highest BCUT2D eigenvalue weighted by atomic mass is 16.6. The fourth-order valence-electron chi connectivity index (χ4n) is 2.30. The molecule has 116 valence electrons. The number of nitro groups is 1. The van der Waals surface area contributed by atoms with Gasteiger partial charge in [-0.05, 0) is 12.1 Å². The summed E-state index contributed by atoms with van der Waals surface area (Å²) < 4.78 is 4.58. The van der Waals surface area contributed by atoms with E-state index in [-0.39, 0.29) is 24.6 Å². The van der Waals surface area contributed by atoms with Crippen LogP contribution in [0.5, 0.6) is 0 Å². The predicted molar refractivity (Wildman–Crippen MR) is 72.5 cm³/mol. The topological polar surface area (TPSA) is 127 Å². The van der Waals surface area contributed by atoms with Crippen molar-refractivity contribution in [2.75, 3.05) is 18.6 Å². The Hall–Kier alpha value is -2.97. The van der Waals surface area contributed by atoms with Crippen LogP contribution in [0.1, 0.15) is 16.8 Å². The van der Waals surface area contributed by atoms with Crippen LogP contribution in [0.3, 0.4) is 0 Å². The number of benzene rings is 1. The van der Waals surface area contributed by atoms with Gasteiger partial charge in [0.1, 0.15) is 5.56 Å². The van der Waals surface area contributed by atoms with E-state index in [1.807, 2.05) is 0 Å². The molecular formula is C13H12N2O7.